The smallest absolute Gasteiger partial charge is 0.0573 e. The quantitative estimate of drug-likeness (QED) is 0.631. The molecule has 0 atom stereocenters. The lowest BCUT2D eigenvalue weighted by Crippen LogP contribution is -1.86. The van der Waals surface area contributed by atoms with Crippen molar-refractivity contribution in [2.24, 2.45) is 12.0 Å². The molecule has 2 heteroatoms. The fraction of sp³-hybridized carbons (Fsp3) is 0.105. The Hall–Kier alpha value is -2.61. The normalized spacial score (nSPS) is 11.9. The molecule has 0 spiro atoms. The summed E-state index contributed by atoms with van der Waals surface area (Å²) in [5.74, 6) is 0. The molecule has 1 heterocycles. The van der Waals surface area contributed by atoms with E-state index in [4.69, 9.17) is 0 Å². The van der Waals surface area contributed by atoms with Crippen LogP contribution in [0.25, 0.3) is 17.0 Å². The number of aryl methyl sites for hydroxylation is 1. The van der Waals surface area contributed by atoms with Gasteiger partial charge in [0.2, 0.25) is 0 Å². The molecular weight excluding hydrogens is 256 g/mol. The molecule has 2 nitrogen and oxygen atoms in total. The Morgan fingerprint density at radius 3 is 2.71 bits per heavy atom. The first-order valence-corrected chi connectivity index (χ1v) is 7.09. The van der Waals surface area contributed by atoms with Crippen molar-refractivity contribution in [2.45, 2.75) is 0 Å². The maximum atomic E-state index is 4.45. The fourth-order valence-corrected chi connectivity index (χ4v) is 2.35. The Bertz CT molecular complexity index is 780. The maximum absolute atomic E-state index is 4.45. The van der Waals surface area contributed by atoms with Crippen molar-refractivity contribution >= 4 is 23.2 Å². The number of hydrogen-bond donors (Lipinski definition) is 0. The van der Waals surface area contributed by atoms with Crippen molar-refractivity contribution in [3.05, 3.63) is 78.0 Å². The third-order valence-corrected chi connectivity index (χ3v) is 3.47. The Morgan fingerprint density at radius 1 is 1.00 bits per heavy atom. The Kier molecular flexibility index (Phi) is 3.97. The molecule has 1 aromatic heterocycles. The zero-order valence-electron chi connectivity index (χ0n) is 12.1. The van der Waals surface area contributed by atoms with E-state index in [-0.39, 0.29) is 0 Å². The summed E-state index contributed by atoms with van der Waals surface area (Å²) >= 11 is 0. The third-order valence-electron chi connectivity index (χ3n) is 3.47. The SMILES string of the molecule is Cn1ccc2cc(C=NC/C=C/c3ccccc3)ccc21. The van der Waals surface area contributed by atoms with Gasteiger partial charge in [0, 0.05) is 30.4 Å². The molecule has 0 bridgehead atoms. The molecule has 0 aliphatic rings. The molecule has 3 rings (SSSR count). The molecule has 3 aromatic rings. The molecule has 0 fully saturated rings. The first-order chi connectivity index (χ1) is 10.3. The van der Waals surface area contributed by atoms with E-state index in [2.05, 4.69) is 71.4 Å². The van der Waals surface area contributed by atoms with Crippen LogP contribution in [0.4, 0.5) is 0 Å². The highest BCUT2D eigenvalue weighted by atomic mass is 14.9. The van der Waals surface area contributed by atoms with Gasteiger partial charge in [-0.25, -0.2) is 0 Å². The molecule has 0 N–H and O–H groups in total. The average Bonchev–Trinajstić information content (AvgIpc) is 2.89. The van der Waals surface area contributed by atoms with Gasteiger partial charge in [-0.15, -0.1) is 0 Å². The van der Waals surface area contributed by atoms with Crippen molar-refractivity contribution in [3.8, 4) is 0 Å². The highest BCUT2D eigenvalue weighted by Crippen LogP contribution is 2.15. The molecule has 0 saturated heterocycles. The van der Waals surface area contributed by atoms with Crippen LogP contribution in [0.1, 0.15) is 11.1 Å². The Morgan fingerprint density at radius 2 is 1.86 bits per heavy atom. The number of fused-ring (bicyclic) bond motifs is 1. The molecule has 0 aliphatic carbocycles. The molecule has 2 aromatic carbocycles. The van der Waals surface area contributed by atoms with Crippen LogP contribution in [0.5, 0.6) is 0 Å². The summed E-state index contributed by atoms with van der Waals surface area (Å²) in [5.41, 5.74) is 3.59. The van der Waals surface area contributed by atoms with Crippen molar-refractivity contribution < 1.29 is 0 Å². The van der Waals surface area contributed by atoms with E-state index in [1.807, 2.05) is 24.4 Å². The summed E-state index contributed by atoms with van der Waals surface area (Å²) in [5, 5.41) is 1.25. The van der Waals surface area contributed by atoms with Crippen LogP contribution in [0.3, 0.4) is 0 Å². The molecule has 0 saturated carbocycles. The number of benzene rings is 2. The van der Waals surface area contributed by atoms with Crippen molar-refractivity contribution in [2.75, 3.05) is 6.54 Å². The second kappa shape index (κ2) is 6.23. The monoisotopic (exact) mass is 274 g/mol. The number of rotatable bonds is 4. The van der Waals surface area contributed by atoms with Crippen molar-refractivity contribution in [3.63, 3.8) is 0 Å². The van der Waals surface area contributed by atoms with Crippen molar-refractivity contribution in [1.29, 1.82) is 0 Å². The van der Waals surface area contributed by atoms with E-state index in [1.54, 1.807) is 0 Å². The minimum atomic E-state index is 0.696. The number of aliphatic imine (C=N–C) groups is 1. The second-order valence-electron chi connectivity index (χ2n) is 5.05. The van der Waals surface area contributed by atoms with Gasteiger partial charge in [0.1, 0.15) is 0 Å². The van der Waals surface area contributed by atoms with Crippen molar-refractivity contribution in [1.82, 2.24) is 4.57 Å². The minimum absolute atomic E-state index is 0.696. The van der Waals surface area contributed by atoms with Crippen LogP contribution in [0, 0.1) is 0 Å². The van der Waals surface area contributed by atoms with Gasteiger partial charge < -0.3 is 4.57 Å². The third kappa shape index (κ3) is 3.29. The molecule has 0 radical (unpaired) electrons. The predicted molar refractivity (Wildman–Crippen MR) is 90.9 cm³/mol. The van der Waals surface area contributed by atoms with Crippen LogP contribution < -0.4 is 0 Å². The molecular formula is C19H18N2. The lowest BCUT2D eigenvalue weighted by atomic mass is 10.2. The molecule has 0 unspecified atom stereocenters. The average molecular weight is 274 g/mol. The van der Waals surface area contributed by atoms with Gasteiger partial charge in [-0.05, 0) is 29.3 Å². The fourth-order valence-electron chi connectivity index (χ4n) is 2.35. The lowest BCUT2D eigenvalue weighted by Gasteiger charge is -1.97. The molecule has 0 amide bonds. The molecule has 0 aliphatic heterocycles. The van der Waals surface area contributed by atoms with E-state index in [9.17, 15) is 0 Å². The standard InChI is InChI=1S/C19H18N2/c1-21-13-11-18-14-17(9-10-19(18)21)15-20-12-5-8-16-6-3-2-4-7-16/h2-11,13-15H,12H2,1H3/b8-5+,20-15?. The summed E-state index contributed by atoms with van der Waals surface area (Å²) in [6.45, 7) is 0.696. The molecule has 104 valence electrons. The highest BCUT2D eigenvalue weighted by molar-refractivity contribution is 5.89. The summed E-state index contributed by atoms with van der Waals surface area (Å²) < 4.78 is 2.12. The zero-order chi connectivity index (χ0) is 14.5. The van der Waals surface area contributed by atoms with Gasteiger partial charge in [-0.1, -0.05) is 48.6 Å². The first kappa shape index (κ1) is 13.4. The summed E-state index contributed by atoms with van der Waals surface area (Å²) in [6, 6.07) is 18.8. The largest absolute Gasteiger partial charge is 0.351 e. The maximum Gasteiger partial charge on any atom is 0.0573 e. The van der Waals surface area contributed by atoms with Gasteiger partial charge in [-0.2, -0.15) is 0 Å². The van der Waals surface area contributed by atoms with Gasteiger partial charge in [0.15, 0.2) is 0 Å². The van der Waals surface area contributed by atoms with Crippen LogP contribution in [-0.2, 0) is 7.05 Å². The van der Waals surface area contributed by atoms with Crippen LogP contribution >= 0.6 is 0 Å². The van der Waals surface area contributed by atoms with Gasteiger partial charge in [0.25, 0.3) is 0 Å². The Balaban J connectivity index is 1.63. The molecule has 21 heavy (non-hydrogen) atoms. The van der Waals surface area contributed by atoms with E-state index in [0.717, 1.165) is 5.56 Å². The summed E-state index contributed by atoms with van der Waals surface area (Å²) in [7, 11) is 2.06. The minimum Gasteiger partial charge on any atom is -0.351 e. The number of nitrogens with zero attached hydrogens (tertiary/aromatic N) is 2. The van der Waals surface area contributed by atoms with Gasteiger partial charge in [0.05, 0.1) is 6.54 Å². The number of aromatic nitrogens is 1. The van der Waals surface area contributed by atoms with Crippen LogP contribution in [-0.4, -0.2) is 17.3 Å². The van der Waals surface area contributed by atoms with Gasteiger partial charge in [-0.3, -0.25) is 4.99 Å². The second-order valence-corrected chi connectivity index (χ2v) is 5.05. The lowest BCUT2D eigenvalue weighted by molar-refractivity contribution is 0.969. The van der Waals surface area contributed by atoms with E-state index in [0.29, 0.717) is 6.54 Å². The predicted octanol–water partition coefficient (Wildman–Crippen LogP) is 4.31. The first-order valence-electron chi connectivity index (χ1n) is 7.09. The van der Waals surface area contributed by atoms with Crippen LogP contribution in [0.15, 0.2) is 71.9 Å². The topological polar surface area (TPSA) is 17.3 Å². The van der Waals surface area contributed by atoms with E-state index >= 15 is 0 Å². The van der Waals surface area contributed by atoms with E-state index in [1.165, 1.54) is 16.5 Å². The van der Waals surface area contributed by atoms with E-state index < -0.39 is 0 Å². The van der Waals surface area contributed by atoms with Crippen LogP contribution in [0.2, 0.25) is 0 Å². The number of hydrogen-bond acceptors (Lipinski definition) is 1. The zero-order valence-corrected chi connectivity index (χ0v) is 12.1. The van der Waals surface area contributed by atoms with Gasteiger partial charge >= 0.3 is 0 Å². The highest BCUT2D eigenvalue weighted by Gasteiger charge is 1.97. The summed E-state index contributed by atoms with van der Waals surface area (Å²) in [4.78, 5) is 4.45. The Labute approximate surface area is 125 Å². The summed E-state index contributed by atoms with van der Waals surface area (Å²) in [6.07, 6.45) is 8.18.